The van der Waals surface area contributed by atoms with Crippen LogP contribution in [0.15, 0.2) is 29.4 Å². The lowest BCUT2D eigenvalue weighted by Crippen LogP contribution is -2.26. The first-order valence-electron chi connectivity index (χ1n) is 3.56. The maximum absolute atomic E-state index is 11.2. The van der Waals surface area contributed by atoms with Crippen molar-refractivity contribution in [2.45, 2.75) is 4.90 Å². The third-order valence-electron chi connectivity index (χ3n) is 1.46. The molecule has 0 bridgehead atoms. The molecule has 0 amide bonds. The molecule has 1 aromatic heterocycles. The van der Waals surface area contributed by atoms with Crippen molar-refractivity contribution in [3.8, 4) is 0 Å². The van der Waals surface area contributed by atoms with Gasteiger partial charge in [-0.2, -0.15) is 4.73 Å². The molecule has 0 aliphatic rings. The van der Waals surface area contributed by atoms with Crippen LogP contribution < -0.4 is 4.73 Å². The highest BCUT2D eigenvalue weighted by molar-refractivity contribution is 7.91. The van der Waals surface area contributed by atoms with Crippen LogP contribution in [0.3, 0.4) is 0 Å². The fourth-order valence-corrected chi connectivity index (χ4v) is 1.85. The summed E-state index contributed by atoms with van der Waals surface area (Å²) in [6.45, 7) is -0.698. The molecule has 0 aromatic carbocycles. The zero-order chi connectivity index (χ0) is 9.90. The Morgan fingerprint density at radius 3 is 2.69 bits per heavy atom. The summed E-state index contributed by atoms with van der Waals surface area (Å²) in [7, 11) is -3.57. The van der Waals surface area contributed by atoms with Gasteiger partial charge in [-0.15, -0.1) is 0 Å². The van der Waals surface area contributed by atoms with Gasteiger partial charge in [0.25, 0.3) is 0 Å². The lowest BCUT2D eigenvalue weighted by Gasteiger charge is -2.00. The summed E-state index contributed by atoms with van der Waals surface area (Å²) in [6, 6.07) is 2.62. The van der Waals surface area contributed by atoms with Crippen molar-refractivity contribution in [3.05, 3.63) is 29.7 Å². The van der Waals surface area contributed by atoms with E-state index in [4.69, 9.17) is 0 Å². The molecule has 6 heteroatoms. The van der Waals surface area contributed by atoms with Crippen LogP contribution in [0.4, 0.5) is 0 Å². The first kappa shape index (κ1) is 9.94. The highest BCUT2D eigenvalue weighted by atomic mass is 32.2. The maximum atomic E-state index is 11.2. The second kappa shape index (κ2) is 3.71. The number of nitrogens with zero attached hydrogens (tertiary/aromatic N) is 1. The molecular formula is C7H8NO4S. The first-order valence-corrected chi connectivity index (χ1v) is 5.21. The molecule has 1 aromatic rings. The predicted octanol–water partition coefficient (Wildman–Crippen LogP) is -0.476. The van der Waals surface area contributed by atoms with Crippen LogP contribution >= 0.6 is 0 Å². The number of aromatic nitrogens is 1. The molecule has 1 rings (SSSR count). The second-order valence-electron chi connectivity index (χ2n) is 2.42. The lowest BCUT2D eigenvalue weighted by molar-refractivity contribution is -0.607. The summed E-state index contributed by atoms with van der Waals surface area (Å²) in [5, 5.41) is 20.9. The van der Waals surface area contributed by atoms with E-state index in [2.05, 4.69) is 0 Å². The van der Waals surface area contributed by atoms with Crippen molar-refractivity contribution in [1.82, 2.24) is 0 Å². The number of hydrogen-bond acceptors (Lipinski definition) is 3. The SMILES string of the molecule is [O]CCS(=O)(=O)c1ccc[n+]([O-])c1. The van der Waals surface area contributed by atoms with Gasteiger partial charge < -0.3 is 5.21 Å². The largest absolute Gasteiger partial charge is 0.619 e. The monoisotopic (exact) mass is 202 g/mol. The summed E-state index contributed by atoms with van der Waals surface area (Å²) >= 11 is 0. The molecule has 71 valence electrons. The summed E-state index contributed by atoms with van der Waals surface area (Å²) in [5.74, 6) is -0.475. The van der Waals surface area contributed by atoms with Crippen molar-refractivity contribution < 1.29 is 18.3 Å². The molecule has 0 spiro atoms. The number of pyridine rings is 1. The van der Waals surface area contributed by atoms with Gasteiger partial charge in [-0.1, -0.05) is 0 Å². The Bertz CT molecular complexity index is 387. The lowest BCUT2D eigenvalue weighted by atomic mass is 10.5. The van der Waals surface area contributed by atoms with Gasteiger partial charge in [0.15, 0.2) is 22.2 Å². The molecule has 0 aliphatic carbocycles. The van der Waals surface area contributed by atoms with Crippen LogP contribution in [0.5, 0.6) is 0 Å². The maximum Gasteiger partial charge on any atom is 0.199 e. The van der Waals surface area contributed by atoms with Gasteiger partial charge in [-0.25, -0.2) is 13.5 Å². The van der Waals surface area contributed by atoms with Crippen LogP contribution in [0, 0.1) is 5.21 Å². The van der Waals surface area contributed by atoms with E-state index >= 15 is 0 Å². The van der Waals surface area contributed by atoms with Gasteiger partial charge in [0.05, 0.1) is 12.4 Å². The Labute approximate surface area is 75.8 Å². The smallest absolute Gasteiger partial charge is 0.199 e. The Morgan fingerprint density at radius 1 is 1.46 bits per heavy atom. The topological polar surface area (TPSA) is 81.0 Å². The van der Waals surface area contributed by atoms with E-state index in [-0.39, 0.29) is 4.90 Å². The summed E-state index contributed by atoms with van der Waals surface area (Å²) < 4.78 is 22.9. The zero-order valence-electron chi connectivity index (χ0n) is 6.71. The highest BCUT2D eigenvalue weighted by Crippen LogP contribution is 2.06. The van der Waals surface area contributed by atoms with Gasteiger partial charge in [0.1, 0.15) is 4.90 Å². The van der Waals surface area contributed by atoms with Gasteiger partial charge in [0.2, 0.25) is 0 Å². The molecule has 13 heavy (non-hydrogen) atoms. The van der Waals surface area contributed by atoms with Crippen LogP contribution in [-0.4, -0.2) is 20.8 Å². The van der Waals surface area contributed by atoms with E-state index in [0.717, 1.165) is 6.20 Å². The van der Waals surface area contributed by atoms with Crippen molar-refractivity contribution >= 4 is 9.84 Å². The standard InChI is InChI=1S/C7H8NO4S/c9-4-5-13(11,12)7-2-1-3-8(10)6-7/h1-3,6H,4-5H2. The van der Waals surface area contributed by atoms with Crippen molar-refractivity contribution in [3.63, 3.8) is 0 Å². The fourth-order valence-electron chi connectivity index (χ4n) is 0.846. The molecule has 0 aliphatic heterocycles. The Kier molecular flexibility index (Phi) is 2.84. The minimum Gasteiger partial charge on any atom is -0.619 e. The van der Waals surface area contributed by atoms with Crippen LogP contribution in [0.25, 0.3) is 0 Å². The van der Waals surface area contributed by atoms with Crippen LogP contribution in [0.1, 0.15) is 0 Å². The average molecular weight is 202 g/mol. The van der Waals surface area contributed by atoms with E-state index in [1.165, 1.54) is 18.3 Å². The molecule has 0 unspecified atom stereocenters. The number of hydrogen-bond donors (Lipinski definition) is 0. The fraction of sp³-hybridized carbons (Fsp3) is 0.286. The molecular weight excluding hydrogens is 194 g/mol. The number of rotatable bonds is 3. The zero-order valence-corrected chi connectivity index (χ0v) is 7.53. The molecule has 0 saturated heterocycles. The van der Waals surface area contributed by atoms with Gasteiger partial charge in [-0.3, -0.25) is 0 Å². The average Bonchev–Trinajstić information content (AvgIpc) is 2.04. The van der Waals surface area contributed by atoms with E-state index in [1.807, 2.05) is 0 Å². The highest BCUT2D eigenvalue weighted by Gasteiger charge is 2.16. The summed E-state index contributed by atoms with van der Waals surface area (Å²) in [4.78, 5) is -0.110. The first-order chi connectivity index (χ1) is 6.06. The molecule has 1 radical (unpaired) electrons. The molecule has 0 saturated carbocycles. The quantitative estimate of drug-likeness (QED) is 0.490. The predicted molar refractivity (Wildman–Crippen MR) is 43.0 cm³/mol. The molecule has 0 fully saturated rings. The third-order valence-corrected chi connectivity index (χ3v) is 3.12. The molecule has 1 heterocycles. The minimum absolute atomic E-state index is 0.110. The Morgan fingerprint density at radius 2 is 2.15 bits per heavy atom. The van der Waals surface area contributed by atoms with E-state index in [1.54, 1.807) is 0 Å². The van der Waals surface area contributed by atoms with Crippen LogP contribution in [-0.2, 0) is 14.9 Å². The van der Waals surface area contributed by atoms with E-state index < -0.39 is 22.2 Å². The van der Waals surface area contributed by atoms with Gasteiger partial charge in [0, 0.05) is 6.07 Å². The molecule has 0 atom stereocenters. The minimum atomic E-state index is -3.57. The second-order valence-corrected chi connectivity index (χ2v) is 4.53. The van der Waals surface area contributed by atoms with Gasteiger partial charge >= 0.3 is 0 Å². The van der Waals surface area contributed by atoms with Gasteiger partial charge in [-0.05, 0) is 6.07 Å². The Hall–Kier alpha value is -1.14. The number of sulfone groups is 1. The molecule has 0 N–H and O–H groups in total. The Balaban J connectivity index is 3.08. The van der Waals surface area contributed by atoms with Crippen molar-refractivity contribution in [1.29, 1.82) is 0 Å². The normalized spacial score (nSPS) is 11.5. The third kappa shape index (κ3) is 2.40. The van der Waals surface area contributed by atoms with Crippen molar-refractivity contribution in [2.24, 2.45) is 0 Å². The van der Waals surface area contributed by atoms with Crippen LogP contribution in [0.2, 0.25) is 0 Å². The summed E-state index contributed by atoms with van der Waals surface area (Å²) in [6.07, 6.45) is 2.11. The van der Waals surface area contributed by atoms with Crippen molar-refractivity contribution in [2.75, 3.05) is 12.4 Å². The molecule has 5 nitrogen and oxygen atoms in total. The van der Waals surface area contributed by atoms with E-state index in [0.29, 0.717) is 4.73 Å². The summed E-state index contributed by atoms with van der Waals surface area (Å²) in [5.41, 5.74) is 0. The van der Waals surface area contributed by atoms with E-state index in [9.17, 15) is 18.7 Å².